The third kappa shape index (κ3) is 4.54. The molecule has 2 heterocycles. The molecule has 1 aromatic carbocycles. The number of hydrazine groups is 1. The largest absolute Gasteiger partial charge is 0.493 e. The first-order valence-corrected chi connectivity index (χ1v) is 8.95. The summed E-state index contributed by atoms with van der Waals surface area (Å²) in [6, 6.07) is 12.5. The van der Waals surface area contributed by atoms with Gasteiger partial charge >= 0.3 is 5.97 Å². The fourth-order valence-electron chi connectivity index (χ4n) is 2.19. The molecule has 0 atom stereocenters. The van der Waals surface area contributed by atoms with E-state index >= 15 is 0 Å². The molecule has 2 amide bonds. The van der Waals surface area contributed by atoms with Crippen molar-refractivity contribution < 1.29 is 23.9 Å². The third-order valence-electron chi connectivity index (χ3n) is 3.51. The number of carbonyl (C=O) groups excluding carboxylic acids is 3. The summed E-state index contributed by atoms with van der Waals surface area (Å²) in [7, 11) is 1.40. The van der Waals surface area contributed by atoms with Crippen LogP contribution >= 0.6 is 11.3 Å². The second kappa shape index (κ2) is 8.82. The molecule has 2 N–H and O–H groups in total. The summed E-state index contributed by atoms with van der Waals surface area (Å²) in [5.41, 5.74) is 5.07. The standard InChI is InChI=1S/C18H16N4O5S/c1-26-13-10-22(12-6-3-2-4-7-12)21-16(13)18(25)27-11-15(23)19-20-17(24)14-8-5-9-28-14/h2-10H,11H2,1H3,(H,19,23)(H,20,24). The van der Waals surface area contributed by atoms with Crippen LogP contribution in [0.25, 0.3) is 5.69 Å². The Morgan fingerprint density at radius 2 is 1.89 bits per heavy atom. The fraction of sp³-hybridized carbons (Fsp3) is 0.111. The van der Waals surface area contributed by atoms with Gasteiger partial charge in [-0.15, -0.1) is 11.3 Å². The minimum absolute atomic E-state index is 0.0678. The second-order valence-corrected chi connectivity index (χ2v) is 6.33. The Bertz CT molecular complexity index is 969. The molecule has 0 bridgehead atoms. The van der Waals surface area contributed by atoms with E-state index in [1.807, 2.05) is 30.3 Å². The SMILES string of the molecule is COc1cn(-c2ccccc2)nc1C(=O)OCC(=O)NNC(=O)c1cccs1. The van der Waals surface area contributed by atoms with E-state index in [0.29, 0.717) is 4.88 Å². The molecular formula is C18H16N4O5S. The minimum Gasteiger partial charge on any atom is -0.493 e. The van der Waals surface area contributed by atoms with Crippen LogP contribution in [0.5, 0.6) is 5.75 Å². The zero-order valence-corrected chi connectivity index (χ0v) is 15.6. The minimum atomic E-state index is -0.828. The number of carbonyl (C=O) groups is 3. The number of amides is 2. The van der Waals surface area contributed by atoms with Crippen molar-refractivity contribution in [2.45, 2.75) is 0 Å². The number of hydrogen-bond donors (Lipinski definition) is 2. The van der Waals surface area contributed by atoms with Crippen LogP contribution in [0.15, 0.2) is 54.0 Å². The van der Waals surface area contributed by atoms with Crippen LogP contribution in [0.3, 0.4) is 0 Å². The molecule has 0 fully saturated rings. The van der Waals surface area contributed by atoms with E-state index in [2.05, 4.69) is 16.0 Å². The number of thiophene rings is 1. The molecule has 10 heteroatoms. The predicted octanol–water partition coefficient (Wildman–Crippen LogP) is 1.56. The van der Waals surface area contributed by atoms with Crippen LogP contribution in [-0.4, -0.2) is 41.3 Å². The Balaban J connectivity index is 1.56. The number of hydrogen-bond acceptors (Lipinski definition) is 7. The molecule has 0 saturated heterocycles. The van der Waals surface area contributed by atoms with Crippen molar-refractivity contribution in [3.8, 4) is 11.4 Å². The lowest BCUT2D eigenvalue weighted by atomic mass is 10.3. The number of methoxy groups -OCH3 is 1. The number of para-hydroxylation sites is 1. The Hall–Kier alpha value is -3.66. The number of rotatable bonds is 6. The molecule has 144 valence electrons. The molecular weight excluding hydrogens is 384 g/mol. The highest BCUT2D eigenvalue weighted by molar-refractivity contribution is 7.12. The van der Waals surface area contributed by atoms with Crippen molar-refractivity contribution in [3.05, 3.63) is 64.6 Å². The number of aromatic nitrogens is 2. The monoisotopic (exact) mass is 400 g/mol. The number of benzene rings is 1. The second-order valence-electron chi connectivity index (χ2n) is 5.38. The van der Waals surface area contributed by atoms with Gasteiger partial charge in [0.15, 0.2) is 12.4 Å². The van der Waals surface area contributed by atoms with E-state index in [9.17, 15) is 14.4 Å². The van der Waals surface area contributed by atoms with Crippen molar-refractivity contribution >= 4 is 29.1 Å². The van der Waals surface area contributed by atoms with Gasteiger partial charge < -0.3 is 9.47 Å². The summed E-state index contributed by atoms with van der Waals surface area (Å²) in [5, 5.41) is 5.89. The summed E-state index contributed by atoms with van der Waals surface area (Å²) in [6.45, 7) is -0.592. The summed E-state index contributed by atoms with van der Waals surface area (Å²) in [6.07, 6.45) is 1.53. The van der Waals surface area contributed by atoms with Crippen LogP contribution in [0, 0.1) is 0 Å². The fourth-order valence-corrected chi connectivity index (χ4v) is 2.81. The van der Waals surface area contributed by atoms with Crippen molar-refractivity contribution in [1.29, 1.82) is 0 Å². The molecule has 2 aromatic heterocycles. The highest BCUT2D eigenvalue weighted by atomic mass is 32.1. The quantitative estimate of drug-likeness (QED) is 0.480. The maximum Gasteiger partial charge on any atom is 0.363 e. The zero-order chi connectivity index (χ0) is 19.9. The molecule has 3 rings (SSSR count). The zero-order valence-electron chi connectivity index (χ0n) is 14.7. The highest BCUT2D eigenvalue weighted by Crippen LogP contribution is 2.20. The van der Waals surface area contributed by atoms with Gasteiger partial charge in [-0.25, -0.2) is 9.48 Å². The van der Waals surface area contributed by atoms with Crippen LogP contribution in [0.4, 0.5) is 0 Å². The van der Waals surface area contributed by atoms with Crippen LogP contribution in [0.2, 0.25) is 0 Å². The predicted molar refractivity (Wildman–Crippen MR) is 100 cm³/mol. The topological polar surface area (TPSA) is 112 Å². The van der Waals surface area contributed by atoms with E-state index in [1.54, 1.807) is 17.5 Å². The van der Waals surface area contributed by atoms with Gasteiger partial charge in [0.05, 0.1) is 23.9 Å². The number of nitrogens with one attached hydrogen (secondary N) is 2. The molecule has 9 nitrogen and oxygen atoms in total. The van der Waals surface area contributed by atoms with Gasteiger partial charge in [-0.2, -0.15) is 5.10 Å². The summed E-state index contributed by atoms with van der Waals surface area (Å²) in [5.74, 6) is -1.77. The molecule has 0 aliphatic heterocycles. The first-order chi connectivity index (χ1) is 13.6. The van der Waals surface area contributed by atoms with E-state index in [4.69, 9.17) is 9.47 Å². The summed E-state index contributed by atoms with van der Waals surface area (Å²) in [4.78, 5) is 36.2. The number of esters is 1. The van der Waals surface area contributed by atoms with Gasteiger partial charge in [0.25, 0.3) is 11.8 Å². The Morgan fingerprint density at radius 3 is 2.57 bits per heavy atom. The Kier molecular flexibility index (Phi) is 6.02. The molecule has 0 spiro atoms. The Morgan fingerprint density at radius 1 is 1.11 bits per heavy atom. The van der Waals surface area contributed by atoms with Crippen LogP contribution in [0.1, 0.15) is 20.2 Å². The third-order valence-corrected chi connectivity index (χ3v) is 4.38. The molecule has 3 aromatic rings. The molecule has 0 aliphatic rings. The maximum atomic E-state index is 12.3. The molecule has 0 aliphatic carbocycles. The van der Waals surface area contributed by atoms with E-state index in [1.165, 1.54) is 29.3 Å². The van der Waals surface area contributed by atoms with Gasteiger partial charge in [-0.3, -0.25) is 20.4 Å². The van der Waals surface area contributed by atoms with Crippen molar-refractivity contribution in [3.63, 3.8) is 0 Å². The lowest BCUT2D eigenvalue weighted by molar-refractivity contribution is -0.125. The normalized spacial score (nSPS) is 10.2. The lowest BCUT2D eigenvalue weighted by Gasteiger charge is -2.07. The van der Waals surface area contributed by atoms with E-state index < -0.39 is 24.4 Å². The van der Waals surface area contributed by atoms with Gasteiger partial charge in [-0.05, 0) is 23.6 Å². The van der Waals surface area contributed by atoms with Crippen LogP contribution < -0.4 is 15.6 Å². The van der Waals surface area contributed by atoms with Gasteiger partial charge in [0, 0.05) is 0 Å². The first-order valence-electron chi connectivity index (χ1n) is 8.07. The van der Waals surface area contributed by atoms with Gasteiger partial charge in [0.2, 0.25) is 5.69 Å². The molecule has 0 unspecified atom stereocenters. The average Bonchev–Trinajstić information content (AvgIpc) is 3.41. The highest BCUT2D eigenvalue weighted by Gasteiger charge is 2.21. The smallest absolute Gasteiger partial charge is 0.363 e. The summed E-state index contributed by atoms with van der Waals surface area (Å²) >= 11 is 1.23. The average molecular weight is 400 g/mol. The van der Waals surface area contributed by atoms with Gasteiger partial charge in [0.1, 0.15) is 0 Å². The van der Waals surface area contributed by atoms with Crippen molar-refractivity contribution in [2.75, 3.05) is 13.7 Å². The molecule has 28 heavy (non-hydrogen) atoms. The molecule has 0 saturated carbocycles. The van der Waals surface area contributed by atoms with E-state index in [0.717, 1.165) is 5.69 Å². The summed E-state index contributed by atoms with van der Waals surface area (Å²) < 4.78 is 11.6. The maximum absolute atomic E-state index is 12.3. The van der Waals surface area contributed by atoms with E-state index in [-0.39, 0.29) is 11.4 Å². The molecule has 0 radical (unpaired) electrons. The van der Waals surface area contributed by atoms with Gasteiger partial charge in [-0.1, -0.05) is 24.3 Å². The number of ether oxygens (including phenoxy) is 2. The first kappa shape index (κ1) is 19.1. The van der Waals surface area contributed by atoms with Crippen molar-refractivity contribution in [1.82, 2.24) is 20.6 Å². The Labute approximate surface area is 163 Å². The lowest BCUT2D eigenvalue weighted by Crippen LogP contribution is -2.43. The number of nitrogens with zero attached hydrogens (tertiary/aromatic N) is 2. The van der Waals surface area contributed by atoms with Crippen LogP contribution in [-0.2, 0) is 9.53 Å². The van der Waals surface area contributed by atoms with Crippen molar-refractivity contribution in [2.24, 2.45) is 0 Å².